The van der Waals surface area contributed by atoms with Crippen molar-refractivity contribution in [2.45, 2.75) is 6.92 Å². The zero-order valence-electron chi connectivity index (χ0n) is 12.1. The minimum atomic E-state index is -0.240. The molecule has 3 aromatic rings. The van der Waals surface area contributed by atoms with Crippen LogP contribution in [-0.4, -0.2) is 15.5 Å². The molecule has 0 radical (unpaired) electrons. The molecule has 0 bridgehead atoms. The zero-order valence-corrected chi connectivity index (χ0v) is 13.7. The fraction of sp³-hybridized carbons (Fsp3) is 0.125. The van der Waals surface area contributed by atoms with Crippen molar-refractivity contribution < 1.29 is 4.79 Å². The summed E-state index contributed by atoms with van der Waals surface area (Å²) in [5.74, 6) is -0.240. The first-order valence-electron chi connectivity index (χ1n) is 6.70. The number of hydrogen-bond acceptors (Lipinski definition) is 3. The minimum Gasteiger partial charge on any atom is -0.346 e. The van der Waals surface area contributed by atoms with E-state index in [2.05, 4.69) is 14.9 Å². The number of hydrogen-bond donors (Lipinski definition) is 1. The van der Waals surface area contributed by atoms with Crippen LogP contribution < -0.4 is 5.32 Å². The number of nitrogens with zero attached hydrogens (tertiary/aromatic N) is 2. The highest BCUT2D eigenvalue weighted by molar-refractivity contribution is 7.13. The molecule has 22 heavy (non-hydrogen) atoms. The largest absolute Gasteiger partial charge is 0.346 e. The quantitative estimate of drug-likeness (QED) is 0.775. The summed E-state index contributed by atoms with van der Waals surface area (Å²) in [5, 5.41) is 5.96. The summed E-state index contributed by atoms with van der Waals surface area (Å²) in [5.41, 5.74) is 3.21. The molecule has 3 rings (SSSR count). The molecule has 112 valence electrons. The second-order valence-electron chi connectivity index (χ2n) is 4.92. The molecule has 0 aliphatic rings. The van der Waals surface area contributed by atoms with Crippen LogP contribution >= 0.6 is 22.9 Å². The van der Waals surface area contributed by atoms with Gasteiger partial charge in [0.05, 0.1) is 5.69 Å². The van der Waals surface area contributed by atoms with Gasteiger partial charge in [0.15, 0.2) is 0 Å². The van der Waals surface area contributed by atoms with E-state index in [4.69, 9.17) is 11.6 Å². The fourth-order valence-corrected chi connectivity index (χ4v) is 3.13. The lowest BCUT2D eigenvalue weighted by Crippen LogP contribution is -2.12. The van der Waals surface area contributed by atoms with E-state index < -0.39 is 0 Å². The number of benzene rings is 1. The second kappa shape index (κ2) is 5.94. The maximum Gasteiger partial charge on any atom is 0.275 e. The number of carbonyl (C=O) groups excluding carboxylic acids is 1. The number of anilines is 1. The molecule has 0 fully saturated rings. The average molecular weight is 332 g/mol. The third-order valence-electron chi connectivity index (χ3n) is 3.41. The number of halogens is 1. The van der Waals surface area contributed by atoms with Crippen LogP contribution in [0.15, 0.2) is 41.8 Å². The Morgan fingerprint density at radius 2 is 2.14 bits per heavy atom. The van der Waals surface area contributed by atoms with Gasteiger partial charge in [0.2, 0.25) is 0 Å². The molecule has 1 amide bonds. The van der Waals surface area contributed by atoms with E-state index >= 15 is 0 Å². The van der Waals surface area contributed by atoms with Crippen molar-refractivity contribution in [1.29, 1.82) is 0 Å². The molecule has 0 saturated heterocycles. The summed E-state index contributed by atoms with van der Waals surface area (Å²) >= 11 is 7.36. The Morgan fingerprint density at radius 1 is 1.32 bits per heavy atom. The van der Waals surface area contributed by atoms with Gasteiger partial charge in [-0.15, -0.1) is 11.3 Å². The first kappa shape index (κ1) is 14.8. The van der Waals surface area contributed by atoms with Crippen molar-refractivity contribution in [3.63, 3.8) is 0 Å². The molecule has 1 aromatic carbocycles. The van der Waals surface area contributed by atoms with Gasteiger partial charge >= 0.3 is 0 Å². The SMILES string of the molecule is Cc1ccc(-c2nc(C(=O)Nc3cccc(Cl)c3)cs2)n1C. The molecule has 0 saturated carbocycles. The van der Waals surface area contributed by atoms with Crippen molar-refractivity contribution in [1.82, 2.24) is 9.55 Å². The summed E-state index contributed by atoms with van der Waals surface area (Å²) in [6.45, 7) is 2.03. The highest BCUT2D eigenvalue weighted by atomic mass is 35.5. The lowest BCUT2D eigenvalue weighted by molar-refractivity contribution is 0.102. The molecule has 0 spiro atoms. The number of rotatable bonds is 3. The molecule has 2 aromatic heterocycles. The number of thiazole rings is 1. The van der Waals surface area contributed by atoms with Gasteiger partial charge < -0.3 is 9.88 Å². The van der Waals surface area contributed by atoms with E-state index in [0.29, 0.717) is 16.4 Å². The number of carbonyl (C=O) groups is 1. The van der Waals surface area contributed by atoms with Crippen molar-refractivity contribution in [2.24, 2.45) is 7.05 Å². The molecule has 6 heteroatoms. The summed E-state index contributed by atoms with van der Waals surface area (Å²) in [6, 6.07) is 11.1. The van der Waals surface area contributed by atoms with Crippen LogP contribution in [-0.2, 0) is 7.05 Å². The van der Waals surface area contributed by atoms with Crippen LogP contribution in [0.25, 0.3) is 10.7 Å². The van der Waals surface area contributed by atoms with Crippen molar-refractivity contribution >= 4 is 34.5 Å². The van der Waals surface area contributed by atoms with Gasteiger partial charge in [0.1, 0.15) is 10.7 Å². The molecule has 1 N–H and O–H groups in total. The van der Waals surface area contributed by atoms with Gasteiger partial charge in [0, 0.05) is 28.8 Å². The van der Waals surface area contributed by atoms with E-state index in [1.54, 1.807) is 29.6 Å². The van der Waals surface area contributed by atoms with E-state index in [0.717, 1.165) is 16.4 Å². The number of aromatic nitrogens is 2. The predicted molar refractivity (Wildman–Crippen MR) is 90.7 cm³/mol. The molecule has 0 aliphatic carbocycles. The Balaban J connectivity index is 1.81. The molecule has 0 unspecified atom stereocenters. The van der Waals surface area contributed by atoms with Crippen LogP contribution in [0.2, 0.25) is 5.02 Å². The first-order chi connectivity index (χ1) is 10.5. The lowest BCUT2D eigenvalue weighted by Gasteiger charge is -2.03. The monoisotopic (exact) mass is 331 g/mol. The maximum atomic E-state index is 12.2. The summed E-state index contributed by atoms with van der Waals surface area (Å²) in [7, 11) is 1.98. The molecular weight excluding hydrogens is 318 g/mol. The van der Waals surface area contributed by atoms with Crippen LogP contribution in [0.4, 0.5) is 5.69 Å². The predicted octanol–water partition coefficient (Wildman–Crippen LogP) is 4.36. The third kappa shape index (κ3) is 2.91. The van der Waals surface area contributed by atoms with Crippen molar-refractivity contribution in [2.75, 3.05) is 5.32 Å². The van der Waals surface area contributed by atoms with E-state index in [1.807, 2.05) is 26.1 Å². The van der Waals surface area contributed by atoms with Gasteiger partial charge in [-0.05, 0) is 37.3 Å². The normalized spacial score (nSPS) is 10.7. The van der Waals surface area contributed by atoms with Gasteiger partial charge in [0.25, 0.3) is 5.91 Å². The Labute approximate surface area is 137 Å². The third-order valence-corrected chi connectivity index (χ3v) is 4.51. The van der Waals surface area contributed by atoms with Crippen LogP contribution in [0.3, 0.4) is 0 Å². The number of aryl methyl sites for hydroxylation is 1. The van der Waals surface area contributed by atoms with E-state index in [1.165, 1.54) is 11.3 Å². The number of nitrogens with one attached hydrogen (secondary N) is 1. The topological polar surface area (TPSA) is 46.9 Å². The lowest BCUT2D eigenvalue weighted by atomic mass is 10.3. The molecule has 4 nitrogen and oxygen atoms in total. The molecule has 2 heterocycles. The van der Waals surface area contributed by atoms with Gasteiger partial charge in [-0.2, -0.15) is 0 Å². The van der Waals surface area contributed by atoms with Crippen LogP contribution in [0.1, 0.15) is 16.2 Å². The Hall–Kier alpha value is -2.11. The summed E-state index contributed by atoms with van der Waals surface area (Å²) in [6.07, 6.45) is 0. The van der Waals surface area contributed by atoms with E-state index in [-0.39, 0.29) is 5.91 Å². The molecular formula is C16H14ClN3OS. The standard InChI is InChI=1S/C16H14ClN3OS/c1-10-6-7-14(20(10)2)16-19-13(9-22-16)15(21)18-12-5-3-4-11(17)8-12/h3-9H,1-2H3,(H,18,21). The summed E-state index contributed by atoms with van der Waals surface area (Å²) in [4.78, 5) is 16.7. The molecule has 0 atom stereocenters. The Morgan fingerprint density at radius 3 is 2.82 bits per heavy atom. The highest BCUT2D eigenvalue weighted by Gasteiger charge is 2.14. The molecule has 0 aliphatic heterocycles. The van der Waals surface area contributed by atoms with Crippen molar-refractivity contribution in [3.8, 4) is 10.7 Å². The van der Waals surface area contributed by atoms with Gasteiger partial charge in [-0.1, -0.05) is 17.7 Å². The van der Waals surface area contributed by atoms with Crippen LogP contribution in [0, 0.1) is 6.92 Å². The first-order valence-corrected chi connectivity index (χ1v) is 7.95. The fourth-order valence-electron chi connectivity index (χ4n) is 2.08. The van der Waals surface area contributed by atoms with Crippen LogP contribution in [0.5, 0.6) is 0 Å². The zero-order chi connectivity index (χ0) is 15.7. The highest BCUT2D eigenvalue weighted by Crippen LogP contribution is 2.25. The summed E-state index contributed by atoms with van der Waals surface area (Å²) < 4.78 is 2.05. The Bertz CT molecular complexity index is 838. The smallest absolute Gasteiger partial charge is 0.275 e. The van der Waals surface area contributed by atoms with Gasteiger partial charge in [-0.3, -0.25) is 4.79 Å². The minimum absolute atomic E-state index is 0.240. The van der Waals surface area contributed by atoms with E-state index in [9.17, 15) is 4.79 Å². The number of amides is 1. The Kier molecular flexibility index (Phi) is 4.00. The van der Waals surface area contributed by atoms with Crippen molar-refractivity contribution in [3.05, 3.63) is 58.2 Å². The van der Waals surface area contributed by atoms with Gasteiger partial charge in [-0.25, -0.2) is 4.98 Å². The average Bonchev–Trinajstić information content (AvgIpc) is 3.07. The maximum absolute atomic E-state index is 12.2. The second-order valence-corrected chi connectivity index (χ2v) is 6.22.